The Morgan fingerprint density at radius 3 is 2.00 bits per heavy atom. The highest BCUT2D eigenvalue weighted by Crippen LogP contribution is 2.38. The van der Waals surface area contributed by atoms with Gasteiger partial charge < -0.3 is 30.1 Å². The summed E-state index contributed by atoms with van der Waals surface area (Å²) in [4.78, 5) is 74.7. The fourth-order valence-electron chi connectivity index (χ4n) is 7.46. The normalized spacial score (nSPS) is 15.4. The van der Waals surface area contributed by atoms with Gasteiger partial charge in [0.2, 0.25) is 11.8 Å². The van der Waals surface area contributed by atoms with Gasteiger partial charge in [-0.2, -0.15) is 0 Å². The third kappa shape index (κ3) is 8.41. The number of nitrogens with one attached hydrogen (secondary N) is 4. The van der Waals surface area contributed by atoms with Crippen molar-refractivity contribution in [3.05, 3.63) is 140 Å². The monoisotopic (exact) mass is 778 g/mol. The van der Waals surface area contributed by atoms with E-state index in [1.807, 2.05) is 36.4 Å². The highest BCUT2D eigenvalue weighted by Gasteiger charge is 2.26. The number of aryl methyl sites for hydroxylation is 3. The molecule has 1 aliphatic heterocycles. The highest BCUT2D eigenvalue weighted by molar-refractivity contribution is 5.77. The smallest absolute Gasteiger partial charge is 0.254 e. The summed E-state index contributed by atoms with van der Waals surface area (Å²) in [6, 6.07) is 22.8. The van der Waals surface area contributed by atoms with E-state index in [-0.39, 0.29) is 67.8 Å². The second-order valence-corrected chi connectivity index (χ2v) is 14.5. The van der Waals surface area contributed by atoms with Crippen molar-refractivity contribution in [3.63, 3.8) is 0 Å². The van der Waals surface area contributed by atoms with Gasteiger partial charge in [-0.1, -0.05) is 36.4 Å². The van der Waals surface area contributed by atoms with Crippen molar-refractivity contribution in [2.75, 3.05) is 13.2 Å². The number of benzene rings is 2. The number of carbonyl (C=O) groups excluding carboxylic acids is 2. The number of pyridine rings is 2. The van der Waals surface area contributed by atoms with Crippen LogP contribution in [0.2, 0.25) is 0 Å². The summed E-state index contributed by atoms with van der Waals surface area (Å²) in [6.07, 6.45) is 5.29. The zero-order valence-corrected chi connectivity index (χ0v) is 32.1. The number of aromatic nitrogens is 6. The van der Waals surface area contributed by atoms with Crippen LogP contribution in [0, 0.1) is 13.8 Å². The number of amides is 2. The number of ether oxygens (including phenoxy) is 2. The molecule has 0 fully saturated rings. The van der Waals surface area contributed by atoms with Crippen LogP contribution in [0.15, 0.2) is 94.8 Å². The molecule has 58 heavy (non-hydrogen) atoms. The van der Waals surface area contributed by atoms with Crippen LogP contribution in [0.3, 0.4) is 0 Å². The molecule has 0 radical (unpaired) electrons. The van der Waals surface area contributed by atoms with Gasteiger partial charge in [-0.05, 0) is 98.2 Å². The third-order valence-corrected chi connectivity index (χ3v) is 10.5. The minimum absolute atomic E-state index is 0.115. The van der Waals surface area contributed by atoms with Crippen LogP contribution in [0.5, 0.6) is 11.5 Å². The average molecular weight is 779 g/mol. The first-order chi connectivity index (χ1) is 28.2. The number of nitrogens with zero attached hydrogens (tertiary/aromatic N) is 4. The number of hydrogen-bond donors (Lipinski definition) is 4. The van der Waals surface area contributed by atoms with E-state index in [2.05, 4.69) is 52.7 Å². The summed E-state index contributed by atoms with van der Waals surface area (Å²) < 4.78 is 12.2. The van der Waals surface area contributed by atoms with Crippen LogP contribution in [-0.2, 0) is 28.9 Å². The quantitative estimate of drug-likeness (QED) is 0.133. The lowest BCUT2D eigenvalue weighted by Crippen LogP contribution is -2.40. The Morgan fingerprint density at radius 2 is 1.38 bits per heavy atom. The van der Waals surface area contributed by atoms with Gasteiger partial charge in [-0.25, -0.2) is 9.97 Å². The molecule has 5 heterocycles. The average Bonchev–Trinajstić information content (AvgIpc) is 3.63. The number of fused-ring (bicyclic) bond motifs is 2. The maximum atomic E-state index is 13.1. The van der Waals surface area contributed by atoms with Crippen molar-refractivity contribution in [2.45, 2.75) is 64.5 Å². The van der Waals surface area contributed by atoms with Crippen molar-refractivity contribution in [1.82, 2.24) is 40.5 Å². The molecule has 2 amide bonds. The number of aromatic amines is 2. The molecule has 14 nitrogen and oxygen atoms in total. The van der Waals surface area contributed by atoms with E-state index >= 15 is 0 Å². The number of H-pyrrole nitrogens is 2. The third-order valence-electron chi connectivity index (χ3n) is 10.5. The first-order valence-electron chi connectivity index (χ1n) is 19.3. The van der Waals surface area contributed by atoms with Gasteiger partial charge in [0.25, 0.3) is 11.1 Å². The van der Waals surface area contributed by atoms with Gasteiger partial charge in [0.15, 0.2) is 23.1 Å². The maximum absolute atomic E-state index is 13.1. The summed E-state index contributed by atoms with van der Waals surface area (Å²) in [5.74, 6) is 1.68. The lowest BCUT2D eigenvalue weighted by Gasteiger charge is -2.27. The molecule has 4 aromatic heterocycles. The first kappa shape index (κ1) is 37.9. The molecule has 2 unspecified atom stereocenters. The zero-order valence-electron chi connectivity index (χ0n) is 32.1. The van der Waals surface area contributed by atoms with Gasteiger partial charge in [-0.15, -0.1) is 0 Å². The molecule has 0 spiro atoms. The van der Waals surface area contributed by atoms with Gasteiger partial charge in [0.1, 0.15) is 24.1 Å². The van der Waals surface area contributed by atoms with E-state index in [0.29, 0.717) is 57.1 Å². The largest absolute Gasteiger partial charge is 0.486 e. The Bertz CT molecular complexity index is 2610. The molecule has 0 bridgehead atoms. The topological polar surface area (TPSA) is 194 Å². The zero-order chi connectivity index (χ0) is 40.2. The number of rotatable bonds is 12. The Kier molecular flexibility index (Phi) is 10.9. The van der Waals surface area contributed by atoms with Gasteiger partial charge >= 0.3 is 0 Å². The van der Waals surface area contributed by atoms with E-state index in [9.17, 15) is 19.2 Å². The van der Waals surface area contributed by atoms with Crippen LogP contribution < -0.4 is 31.2 Å². The van der Waals surface area contributed by atoms with Crippen LogP contribution in [0.1, 0.15) is 58.9 Å². The van der Waals surface area contributed by atoms with Crippen LogP contribution in [-0.4, -0.2) is 61.0 Å². The molecule has 14 heteroatoms. The van der Waals surface area contributed by atoms with Crippen molar-refractivity contribution in [2.24, 2.45) is 0 Å². The van der Waals surface area contributed by atoms with E-state index in [1.165, 1.54) is 0 Å². The predicted molar refractivity (Wildman–Crippen MR) is 216 cm³/mol. The molecule has 2 aromatic carbocycles. The molecule has 0 saturated carbocycles. The minimum Gasteiger partial charge on any atom is -0.486 e. The molecule has 2 aliphatic rings. The molecule has 6 aromatic rings. The standard InChI is InChI=1S/C44H42N8O6/c1-25-31(43(55)51-41(48-25)35-7-3-5-19-45-35)13-17-39(53)47-23-30-24-57-37-16-11-28(22-38(37)58-30)27-9-12-33-29(21-27)10-15-34(33)50-40(54)18-14-32-26(2)49-42(52-44(32)56)36-8-4-6-20-46-36/h3-9,11-12,16,19-22,30,34H,10,13-15,17-18,23-24H2,1-2H3,(H,47,53)(H,50,54)(H,48,51,55)(H,49,52,56). The van der Waals surface area contributed by atoms with Crippen LogP contribution in [0.25, 0.3) is 34.2 Å². The Balaban J connectivity index is 0.835. The molecule has 2 atom stereocenters. The van der Waals surface area contributed by atoms with Crippen molar-refractivity contribution in [1.29, 1.82) is 0 Å². The lowest BCUT2D eigenvalue weighted by atomic mass is 9.99. The maximum Gasteiger partial charge on any atom is 0.254 e. The summed E-state index contributed by atoms with van der Waals surface area (Å²) in [5, 5.41) is 6.08. The second kappa shape index (κ2) is 16.6. The lowest BCUT2D eigenvalue weighted by molar-refractivity contribution is -0.122. The summed E-state index contributed by atoms with van der Waals surface area (Å²) in [6.45, 7) is 4.05. The van der Waals surface area contributed by atoms with E-state index < -0.39 is 6.10 Å². The molecule has 4 N–H and O–H groups in total. The second-order valence-electron chi connectivity index (χ2n) is 14.5. The number of hydrogen-bond acceptors (Lipinski definition) is 10. The summed E-state index contributed by atoms with van der Waals surface area (Å²) >= 11 is 0. The molecular formula is C44H42N8O6. The number of carbonyl (C=O) groups is 2. The summed E-state index contributed by atoms with van der Waals surface area (Å²) in [5.41, 5.74) is 6.90. The molecule has 8 rings (SSSR count). The molecule has 294 valence electrons. The Labute approximate surface area is 333 Å². The van der Waals surface area contributed by atoms with Crippen LogP contribution in [0.4, 0.5) is 0 Å². The Hall–Kier alpha value is -6.96. The molecule has 0 saturated heterocycles. The van der Waals surface area contributed by atoms with Gasteiger partial charge in [0, 0.05) is 47.8 Å². The highest BCUT2D eigenvalue weighted by atomic mass is 16.6. The summed E-state index contributed by atoms with van der Waals surface area (Å²) in [7, 11) is 0. The Morgan fingerprint density at radius 1 is 0.759 bits per heavy atom. The van der Waals surface area contributed by atoms with Crippen molar-refractivity contribution >= 4 is 11.8 Å². The first-order valence-corrected chi connectivity index (χ1v) is 19.3. The molecular weight excluding hydrogens is 737 g/mol. The fourth-order valence-corrected chi connectivity index (χ4v) is 7.46. The van der Waals surface area contributed by atoms with E-state index in [4.69, 9.17) is 9.47 Å². The molecule has 1 aliphatic carbocycles. The van der Waals surface area contributed by atoms with Crippen LogP contribution >= 0.6 is 0 Å². The van der Waals surface area contributed by atoms with Crippen molar-refractivity contribution < 1.29 is 19.1 Å². The SMILES string of the molecule is Cc1nc(-c2ccccn2)[nH]c(=O)c1CCC(=O)NCC1COc2ccc(-c3ccc4c(c3)CCC4NC(=O)CCc3c(C)nc(-c4ccccn4)[nH]c3=O)cc2O1. The fraction of sp³-hybridized carbons (Fsp3) is 0.273. The minimum atomic E-state index is -0.398. The van der Waals surface area contributed by atoms with Crippen molar-refractivity contribution in [3.8, 4) is 45.7 Å². The van der Waals surface area contributed by atoms with Gasteiger partial charge in [0.05, 0.1) is 12.6 Å². The van der Waals surface area contributed by atoms with Gasteiger partial charge in [-0.3, -0.25) is 29.1 Å². The van der Waals surface area contributed by atoms with E-state index in [0.717, 1.165) is 35.1 Å². The van der Waals surface area contributed by atoms with E-state index in [1.54, 1.807) is 50.5 Å². The predicted octanol–water partition coefficient (Wildman–Crippen LogP) is 4.89.